The van der Waals surface area contributed by atoms with Crippen LogP contribution in [0.25, 0.3) is 0 Å². The summed E-state index contributed by atoms with van der Waals surface area (Å²) in [6, 6.07) is 18.0. The number of hydrogen-bond acceptors (Lipinski definition) is 2. The van der Waals surface area contributed by atoms with Gasteiger partial charge in [-0.2, -0.15) is 0 Å². The molecular weight excluding hydrogens is 334 g/mol. The minimum atomic E-state index is -0.434. The first-order chi connectivity index (χ1) is 12.2. The lowest BCUT2D eigenvalue weighted by atomic mass is 9.90. The number of hydrogen-bond donors (Lipinski definition) is 2. The molecule has 2 N–H and O–H groups in total. The van der Waals surface area contributed by atoms with E-state index in [2.05, 4.69) is 30.3 Å². The Hall–Kier alpha value is -1.55. The minimum absolute atomic E-state index is 0.332. The molecule has 1 aliphatic heterocycles. The number of aliphatic hydroxyl groups is 1. The molecule has 0 radical (unpaired) electrons. The summed E-state index contributed by atoms with van der Waals surface area (Å²) in [6.07, 6.45) is 3.21. The summed E-state index contributed by atoms with van der Waals surface area (Å²) in [5.41, 5.74) is 1.44. The molecule has 0 aliphatic carbocycles. The molecule has 3 rings (SSSR count). The van der Waals surface area contributed by atoms with Crippen molar-refractivity contribution in [2.75, 3.05) is 26.2 Å². The first-order valence-corrected chi connectivity index (χ1v) is 9.51. The van der Waals surface area contributed by atoms with Gasteiger partial charge in [-0.1, -0.05) is 41.9 Å². The monoisotopic (exact) mass is 360 g/mol. The summed E-state index contributed by atoms with van der Waals surface area (Å²) in [6.45, 7) is 3.36. The Morgan fingerprint density at radius 2 is 1.72 bits per heavy atom. The normalized spacial score (nSPS) is 21.7. The fourth-order valence-electron chi connectivity index (χ4n) is 3.56. The Labute approximate surface area is 155 Å². The van der Waals surface area contributed by atoms with E-state index in [4.69, 9.17) is 16.3 Å². The van der Waals surface area contributed by atoms with Crippen LogP contribution in [0.3, 0.4) is 0 Å². The van der Waals surface area contributed by atoms with Gasteiger partial charge >= 0.3 is 0 Å². The smallest absolute Gasteiger partial charge is 0.137 e. The first-order valence-electron chi connectivity index (χ1n) is 9.13. The number of rotatable bonds is 7. The standard InChI is InChI=1S/C21H26ClNO2/c22-19-6-8-21(9-7-19)25-16-20(24)15-23-12-10-18(11-13-23)14-17-4-2-1-3-5-17/h1-9,18,20,24H,10-16H2/p+1/t20-/m0/s1. The zero-order valence-corrected chi connectivity index (χ0v) is 15.3. The first kappa shape index (κ1) is 18.2. The Kier molecular flexibility index (Phi) is 6.74. The quantitative estimate of drug-likeness (QED) is 0.796. The third kappa shape index (κ3) is 6.03. The third-order valence-corrected chi connectivity index (χ3v) is 5.21. The van der Waals surface area contributed by atoms with Gasteiger partial charge in [0.2, 0.25) is 0 Å². The molecule has 134 valence electrons. The number of quaternary nitrogens is 1. The van der Waals surface area contributed by atoms with Gasteiger partial charge < -0.3 is 14.7 Å². The number of aliphatic hydroxyl groups excluding tert-OH is 1. The van der Waals surface area contributed by atoms with Gasteiger partial charge in [-0.25, -0.2) is 0 Å². The molecule has 2 aromatic carbocycles. The lowest BCUT2D eigenvalue weighted by Crippen LogP contribution is -3.14. The van der Waals surface area contributed by atoms with Gasteiger partial charge in [-0.3, -0.25) is 0 Å². The molecule has 0 amide bonds. The van der Waals surface area contributed by atoms with Crippen LogP contribution in [0.1, 0.15) is 18.4 Å². The summed E-state index contributed by atoms with van der Waals surface area (Å²) in [5, 5.41) is 10.9. The molecule has 0 unspecified atom stereocenters. The minimum Gasteiger partial charge on any atom is -0.491 e. The molecule has 1 saturated heterocycles. The van der Waals surface area contributed by atoms with Gasteiger partial charge in [0.1, 0.15) is 25.0 Å². The number of likely N-dealkylation sites (tertiary alicyclic amines) is 1. The molecule has 0 aromatic heterocycles. The zero-order valence-electron chi connectivity index (χ0n) is 14.5. The molecule has 1 fully saturated rings. The van der Waals surface area contributed by atoms with Crippen molar-refractivity contribution in [3.05, 3.63) is 65.2 Å². The van der Waals surface area contributed by atoms with E-state index >= 15 is 0 Å². The second-order valence-corrected chi connectivity index (χ2v) is 7.44. The van der Waals surface area contributed by atoms with Crippen LogP contribution in [0.4, 0.5) is 0 Å². The SMILES string of the molecule is O[C@H](COc1ccc(Cl)cc1)C[NH+]1CCC(Cc2ccccc2)CC1. The molecular formula is C21H27ClNO2+. The van der Waals surface area contributed by atoms with Crippen molar-refractivity contribution >= 4 is 11.6 Å². The Morgan fingerprint density at radius 1 is 1.04 bits per heavy atom. The van der Waals surface area contributed by atoms with Gasteiger partial charge in [-0.05, 0) is 55.0 Å². The third-order valence-electron chi connectivity index (χ3n) is 4.96. The van der Waals surface area contributed by atoms with Crippen LogP contribution in [-0.2, 0) is 6.42 Å². The Bertz CT molecular complexity index is 624. The van der Waals surface area contributed by atoms with E-state index in [-0.39, 0.29) is 0 Å². The van der Waals surface area contributed by atoms with Crippen molar-refractivity contribution in [2.45, 2.75) is 25.4 Å². The predicted molar refractivity (Wildman–Crippen MR) is 101 cm³/mol. The van der Waals surface area contributed by atoms with Crippen LogP contribution in [0.2, 0.25) is 5.02 Å². The number of benzene rings is 2. The molecule has 2 aromatic rings. The Morgan fingerprint density at radius 3 is 2.40 bits per heavy atom. The van der Waals surface area contributed by atoms with Crippen LogP contribution < -0.4 is 9.64 Å². The van der Waals surface area contributed by atoms with Crippen molar-refractivity contribution in [3.63, 3.8) is 0 Å². The number of ether oxygens (including phenoxy) is 1. The molecule has 4 heteroatoms. The van der Waals surface area contributed by atoms with E-state index in [0.717, 1.165) is 31.3 Å². The average molecular weight is 361 g/mol. The molecule has 1 aliphatic rings. The largest absolute Gasteiger partial charge is 0.491 e. The van der Waals surface area contributed by atoms with Crippen LogP contribution in [0.15, 0.2) is 54.6 Å². The van der Waals surface area contributed by atoms with Crippen molar-refractivity contribution < 1.29 is 14.7 Å². The summed E-state index contributed by atoms with van der Waals surface area (Å²) in [7, 11) is 0. The predicted octanol–water partition coefficient (Wildman–Crippen LogP) is 2.62. The lowest BCUT2D eigenvalue weighted by Gasteiger charge is -2.30. The highest BCUT2D eigenvalue weighted by atomic mass is 35.5. The molecule has 0 bridgehead atoms. The highest BCUT2D eigenvalue weighted by Gasteiger charge is 2.24. The van der Waals surface area contributed by atoms with Crippen LogP contribution >= 0.6 is 11.6 Å². The summed E-state index contributed by atoms with van der Waals surface area (Å²) >= 11 is 5.86. The van der Waals surface area contributed by atoms with E-state index in [1.807, 2.05) is 12.1 Å². The summed E-state index contributed by atoms with van der Waals surface area (Å²) in [4.78, 5) is 1.48. The molecule has 0 spiro atoms. The van der Waals surface area contributed by atoms with Crippen molar-refractivity contribution in [1.29, 1.82) is 0 Å². The topological polar surface area (TPSA) is 33.9 Å². The van der Waals surface area contributed by atoms with Crippen molar-refractivity contribution in [3.8, 4) is 5.75 Å². The molecule has 3 nitrogen and oxygen atoms in total. The molecule has 1 atom stereocenters. The van der Waals surface area contributed by atoms with Gasteiger partial charge in [0.15, 0.2) is 0 Å². The average Bonchev–Trinajstić information content (AvgIpc) is 2.64. The zero-order chi connectivity index (χ0) is 17.5. The fourth-order valence-corrected chi connectivity index (χ4v) is 3.68. The van der Waals surface area contributed by atoms with Gasteiger partial charge in [0, 0.05) is 5.02 Å². The second kappa shape index (κ2) is 9.23. The van der Waals surface area contributed by atoms with Gasteiger partial charge in [0.25, 0.3) is 0 Å². The van der Waals surface area contributed by atoms with E-state index in [9.17, 15) is 5.11 Å². The summed E-state index contributed by atoms with van der Waals surface area (Å²) in [5.74, 6) is 1.52. The second-order valence-electron chi connectivity index (χ2n) is 7.01. The molecule has 0 saturated carbocycles. The van der Waals surface area contributed by atoms with Gasteiger partial charge in [-0.15, -0.1) is 0 Å². The van der Waals surface area contributed by atoms with E-state index in [0.29, 0.717) is 11.6 Å². The lowest BCUT2D eigenvalue weighted by molar-refractivity contribution is -0.909. The van der Waals surface area contributed by atoms with E-state index in [1.165, 1.54) is 29.7 Å². The van der Waals surface area contributed by atoms with Crippen LogP contribution in [0, 0.1) is 5.92 Å². The molecule has 1 heterocycles. The van der Waals surface area contributed by atoms with E-state index < -0.39 is 6.10 Å². The summed E-state index contributed by atoms with van der Waals surface area (Å²) < 4.78 is 5.64. The maximum atomic E-state index is 10.2. The fraction of sp³-hybridized carbons (Fsp3) is 0.429. The van der Waals surface area contributed by atoms with Crippen molar-refractivity contribution in [2.24, 2.45) is 5.92 Å². The van der Waals surface area contributed by atoms with Gasteiger partial charge in [0.05, 0.1) is 13.1 Å². The number of piperidine rings is 1. The number of halogens is 1. The number of nitrogens with one attached hydrogen (secondary N) is 1. The Balaban J connectivity index is 1.36. The van der Waals surface area contributed by atoms with Crippen LogP contribution in [0.5, 0.6) is 5.75 Å². The maximum absolute atomic E-state index is 10.2. The maximum Gasteiger partial charge on any atom is 0.137 e. The molecule has 25 heavy (non-hydrogen) atoms. The van der Waals surface area contributed by atoms with Crippen LogP contribution in [-0.4, -0.2) is 37.5 Å². The highest BCUT2D eigenvalue weighted by molar-refractivity contribution is 6.30. The highest BCUT2D eigenvalue weighted by Crippen LogP contribution is 2.17. The van der Waals surface area contributed by atoms with E-state index in [1.54, 1.807) is 12.1 Å². The van der Waals surface area contributed by atoms with Crippen molar-refractivity contribution in [1.82, 2.24) is 0 Å².